The van der Waals surface area contributed by atoms with Crippen LogP contribution in [0.3, 0.4) is 0 Å². The number of hydrogen-bond acceptors (Lipinski definition) is 3. The van der Waals surface area contributed by atoms with E-state index in [4.69, 9.17) is 9.47 Å². The highest BCUT2D eigenvalue weighted by molar-refractivity contribution is 5.50. The standard InChI is InChI=1S/C25H32F2NO3/c1-28(2)19-7-8-20(28)12-16(11-19)15-25(29,21-13-17(26)5-9-23(21)30-3)22-14-18(27)6-10-24(22)31-4/h5-6,9-10,13-14,16,19-20,29H,7-8,11-12,15H2,1-4H3/q+1. The Morgan fingerprint density at radius 2 is 1.35 bits per heavy atom. The van der Waals surface area contributed by atoms with E-state index in [0.717, 1.165) is 17.3 Å². The Balaban J connectivity index is 1.82. The molecule has 1 N–H and O–H groups in total. The predicted molar refractivity (Wildman–Crippen MR) is 115 cm³/mol. The molecule has 0 aliphatic carbocycles. The molecule has 0 aromatic heterocycles. The van der Waals surface area contributed by atoms with Gasteiger partial charge >= 0.3 is 0 Å². The van der Waals surface area contributed by atoms with Gasteiger partial charge in [0.25, 0.3) is 0 Å². The fourth-order valence-corrected chi connectivity index (χ4v) is 5.95. The molecule has 2 saturated heterocycles. The van der Waals surface area contributed by atoms with Gasteiger partial charge in [0.1, 0.15) is 28.7 Å². The van der Waals surface area contributed by atoms with Crippen LogP contribution in [0.1, 0.15) is 43.2 Å². The van der Waals surface area contributed by atoms with Crippen LogP contribution in [-0.2, 0) is 5.60 Å². The van der Waals surface area contributed by atoms with Crippen molar-refractivity contribution in [2.45, 2.75) is 49.8 Å². The molecule has 2 aromatic carbocycles. The fraction of sp³-hybridized carbons (Fsp3) is 0.520. The number of halogens is 2. The lowest BCUT2D eigenvalue weighted by molar-refractivity contribution is -0.931. The number of methoxy groups -OCH3 is 2. The molecule has 2 aliphatic rings. The van der Waals surface area contributed by atoms with Crippen LogP contribution in [0.2, 0.25) is 0 Å². The predicted octanol–water partition coefficient (Wildman–Crippen LogP) is 4.63. The number of hydrogen-bond donors (Lipinski definition) is 1. The third kappa shape index (κ3) is 3.80. The molecule has 168 valence electrons. The second-order valence-corrected chi connectivity index (χ2v) is 9.61. The van der Waals surface area contributed by atoms with E-state index in [0.29, 0.717) is 41.1 Å². The second-order valence-electron chi connectivity index (χ2n) is 9.61. The highest BCUT2D eigenvalue weighted by Gasteiger charge is 2.51. The molecule has 4 rings (SSSR count). The lowest BCUT2D eigenvalue weighted by atomic mass is 9.74. The molecular weight excluding hydrogens is 400 g/mol. The number of rotatable bonds is 6. The lowest BCUT2D eigenvalue weighted by Crippen LogP contribution is -2.55. The van der Waals surface area contributed by atoms with Crippen LogP contribution in [0.5, 0.6) is 11.5 Å². The van der Waals surface area contributed by atoms with Gasteiger partial charge < -0.3 is 19.1 Å². The first kappa shape index (κ1) is 22.0. The van der Waals surface area contributed by atoms with Gasteiger partial charge in [0, 0.05) is 36.8 Å². The van der Waals surface area contributed by atoms with E-state index in [9.17, 15) is 13.9 Å². The smallest absolute Gasteiger partial charge is 0.125 e. The Morgan fingerprint density at radius 1 is 0.903 bits per heavy atom. The number of quaternary nitrogens is 1. The van der Waals surface area contributed by atoms with Gasteiger partial charge in [-0.15, -0.1) is 0 Å². The van der Waals surface area contributed by atoms with Crippen molar-refractivity contribution in [2.75, 3.05) is 28.3 Å². The van der Waals surface area contributed by atoms with Crippen LogP contribution in [0.15, 0.2) is 36.4 Å². The maximum Gasteiger partial charge on any atom is 0.125 e. The maximum absolute atomic E-state index is 14.3. The maximum atomic E-state index is 14.3. The molecule has 2 unspecified atom stereocenters. The summed E-state index contributed by atoms with van der Waals surface area (Å²) in [6.45, 7) is 0. The summed E-state index contributed by atoms with van der Waals surface area (Å²) in [4.78, 5) is 0. The lowest BCUT2D eigenvalue weighted by Gasteiger charge is -2.46. The van der Waals surface area contributed by atoms with Gasteiger partial charge in [0.05, 0.1) is 40.4 Å². The number of fused-ring (bicyclic) bond motifs is 2. The summed E-state index contributed by atoms with van der Waals surface area (Å²) in [6.07, 6.45) is 4.65. The summed E-state index contributed by atoms with van der Waals surface area (Å²) >= 11 is 0. The molecule has 2 bridgehead atoms. The molecule has 2 fully saturated rings. The van der Waals surface area contributed by atoms with Crippen LogP contribution in [0.25, 0.3) is 0 Å². The van der Waals surface area contributed by atoms with Crippen molar-refractivity contribution in [3.63, 3.8) is 0 Å². The monoisotopic (exact) mass is 432 g/mol. The summed E-state index contributed by atoms with van der Waals surface area (Å²) in [7, 11) is 7.55. The van der Waals surface area contributed by atoms with E-state index >= 15 is 0 Å². The summed E-state index contributed by atoms with van der Waals surface area (Å²) in [5.41, 5.74) is -1.06. The second kappa shape index (κ2) is 8.06. The molecule has 31 heavy (non-hydrogen) atoms. The molecule has 0 spiro atoms. The molecule has 6 heteroatoms. The minimum atomic E-state index is -1.65. The van der Waals surface area contributed by atoms with Gasteiger partial charge in [-0.3, -0.25) is 0 Å². The molecule has 0 amide bonds. The largest absolute Gasteiger partial charge is 0.496 e. The van der Waals surface area contributed by atoms with Crippen LogP contribution in [0, 0.1) is 17.6 Å². The van der Waals surface area contributed by atoms with Gasteiger partial charge in [0.2, 0.25) is 0 Å². The van der Waals surface area contributed by atoms with Gasteiger partial charge in [-0.1, -0.05) is 0 Å². The minimum Gasteiger partial charge on any atom is -0.496 e. The topological polar surface area (TPSA) is 38.7 Å². The molecule has 4 nitrogen and oxygen atoms in total. The van der Waals surface area contributed by atoms with Crippen LogP contribution < -0.4 is 9.47 Å². The number of aliphatic hydroxyl groups is 1. The van der Waals surface area contributed by atoms with Crippen molar-refractivity contribution in [3.8, 4) is 11.5 Å². The zero-order valence-electron chi connectivity index (χ0n) is 18.7. The van der Waals surface area contributed by atoms with Gasteiger partial charge in [-0.25, -0.2) is 8.78 Å². The normalized spacial score (nSPS) is 24.8. The Bertz CT molecular complexity index is 892. The summed E-state index contributed by atoms with van der Waals surface area (Å²) in [6, 6.07) is 9.27. The average molecular weight is 433 g/mol. The first-order valence-electron chi connectivity index (χ1n) is 10.9. The zero-order chi connectivity index (χ0) is 22.4. The molecular formula is C25H32F2NO3+. The van der Waals surface area contributed by atoms with Crippen molar-refractivity contribution in [3.05, 3.63) is 59.2 Å². The summed E-state index contributed by atoms with van der Waals surface area (Å²) in [5.74, 6) is -0.0120. The third-order valence-electron chi connectivity index (χ3n) is 7.72. The van der Waals surface area contributed by atoms with Crippen LogP contribution in [0.4, 0.5) is 8.78 Å². The Hall–Kier alpha value is -2.18. The molecule has 2 heterocycles. The van der Waals surface area contributed by atoms with E-state index in [1.54, 1.807) is 0 Å². The van der Waals surface area contributed by atoms with Crippen LogP contribution in [-0.4, -0.2) is 50.0 Å². The number of benzene rings is 2. The quantitative estimate of drug-likeness (QED) is 0.677. The van der Waals surface area contributed by atoms with E-state index in [-0.39, 0.29) is 5.92 Å². The fourth-order valence-electron chi connectivity index (χ4n) is 5.95. The van der Waals surface area contributed by atoms with E-state index in [1.807, 2.05) is 0 Å². The molecule has 2 aromatic rings. The summed E-state index contributed by atoms with van der Waals surface area (Å²) < 4.78 is 40.6. The molecule has 2 atom stereocenters. The van der Waals surface area contributed by atoms with Gasteiger partial charge in [-0.2, -0.15) is 0 Å². The Labute approximate surface area is 183 Å². The van der Waals surface area contributed by atoms with Gasteiger partial charge in [-0.05, 0) is 48.7 Å². The Morgan fingerprint density at radius 3 is 1.77 bits per heavy atom. The number of nitrogens with zero attached hydrogens (tertiary/aromatic N) is 1. The van der Waals surface area contributed by atoms with Crippen molar-refractivity contribution in [2.24, 2.45) is 5.92 Å². The Kier molecular flexibility index (Phi) is 5.73. The third-order valence-corrected chi connectivity index (χ3v) is 7.72. The first-order chi connectivity index (χ1) is 14.7. The van der Waals surface area contributed by atoms with E-state index in [2.05, 4.69) is 14.1 Å². The van der Waals surface area contributed by atoms with E-state index < -0.39 is 17.2 Å². The van der Waals surface area contributed by atoms with Gasteiger partial charge in [0.15, 0.2) is 0 Å². The van der Waals surface area contributed by atoms with Crippen molar-refractivity contribution in [1.82, 2.24) is 0 Å². The molecule has 0 saturated carbocycles. The van der Waals surface area contributed by atoms with E-state index in [1.165, 1.54) is 63.5 Å². The molecule has 2 aliphatic heterocycles. The number of ether oxygens (including phenoxy) is 2. The van der Waals surface area contributed by atoms with Crippen molar-refractivity contribution >= 4 is 0 Å². The SMILES string of the molecule is COc1ccc(F)cc1C(O)(CC1CC2CCC(C1)[N+]2(C)C)c1cc(F)ccc1OC. The van der Waals surface area contributed by atoms with Crippen molar-refractivity contribution in [1.29, 1.82) is 0 Å². The van der Waals surface area contributed by atoms with Crippen LogP contribution >= 0.6 is 0 Å². The first-order valence-corrected chi connectivity index (χ1v) is 10.9. The van der Waals surface area contributed by atoms with Crippen molar-refractivity contribution < 1.29 is 27.8 Å². The highest BCUT2D eigenvalue weighted by atomic mass is 19.1. The minimum absolute atomic E-state index is 0.217. The number of piperidine rings is 1. The zero-order valence-corrected chi connectivity index (χ0v) is 18.7. The molecule has 0 radical (unpaired) electrons. The summed E-state index contributed by atoms with van der Waals surface area (Å²) in [5, 5.41) is 12.2. The average Bonchev–Trinajstić information content (AvgIpc) is 2.90. The highest BCUT2D eigenvalue weighted by Crippen LogP contribution is 2.50.